The van der Waals surface area contributed by atoms with Crippen LogP contribution in [0.5, 0.6) is 5.75 Å². The minimum Gasteiger partial charge on any atom is -0.494 e. The first kappa shape index (κ1) is 19.7. The second-order valence-corrected chi connectivity index (χ2v) is 7.67. The highest BCUT2D eigenvalue weighted by molar-refractivity contribution is 7.25. The predicted octanol–water partition coefficient (Wildman–Crippen LogP) is 6.91. The fourth-order valence-electron chi connectivity index (χ4n) is 3.15. The second kappa shape index (κ2) is 11.0. The van der Waals surface area contributed by atoms with E-state index in [0.29, 0.717) is 6.79 Å². The first-order chi connectivity index (χ1) is 13.4. The molecule has 0 N–H and O–H groups in total. The molecule has 3 rings (SSSR count). The highest BCUT2D eigenvalue weighted by Crippen LogP contribution is 2.35. The topological polar surface area (TPSA) is 27.7 Å². The minimum atomic E-state index is 0.314. The Balaban J connectivity index is 1.29. The first-order valence-electron chi connectivity index (χ1n) is 9.73. The van der Waals surface area contributed by atoms with Crippen LogP contribution in [0.4, 0.5) is 0 Å². The van der Waals surface area contributed by atoms with Crippen LogP contribution < -0.4 is 4.74 Å². The summed E-state index contributed by atoms with van der Waals surface area (Å²) in [6.45, 7) is 5.34. The number of thiophene rings is 1. The normalized spacial score (nSPS) is 11.1. The third-order valence-corrected chi connectivity index (χ3v) is 5.70. The largest absolute Gasteiger partial charge is 0.494 e. The molecule has 1 heterocycles. The minimum absolute atomic E-state index is 0.314. The van der Waals surface area contributed by atoms with Gasteiger partial charge in [-0.25, -0.2) is 0 Å². The lowest BCUT2D eigenvalue weighted by atomic mass is 10.1. The van der Waals surface area contributed by atoms with Crippen LogP contribution in [0.15, 0.2) is 55.3 Å². The predicted molar refractivity (Wildman–Crippen MR) is 115 cm³/mol. The van der Waals surface area contributed by atoms with Gasteiger partial charge in [0.1, 0.15) is 5.75 Å². The van der Waals surface area contributed by atoms with Crippen molar-refractivity contribution in [1.82, 2.24) is 0 Å². The molecule has 0 aliphatic carbocycles. The van der Waals surface area contributed by atoms with Gasteiger partial charge in [-0.15, -0.1) is 11.3 Å². The van der Waals surface area contributed by atoms with Gasteiger partial charge in [0.15, 0.2) is 6.79 Å². The van der Waals surface area contributed by atoms with Gasteiger partial charge in [0.25, 0.3) is 0 Å². The smallest absolute Gasteiger partial charge is 0.188 e. The average molecular weight is 385 g/mol. The Hall–Kier alpha value is -2.04. The summed E-state index contributed by atoms with van der Waals surface area (Å²) < 4.78 is 18.8. The molecule has 144 valence electrons. The molecule has 0 fully saturated rings. The summed E-state index contributed by atoms with van der Waals surface area (Å²) in [5, 5.41) is 2.66. The van der Waals surface area contributed by atoms with Crippen LogP contribution >= 0.6 is 11.3 Å². The molecule has 1 aromatic heterocycles. The maximum atomic E-state index is 5.96. The van der Waals surface area contributed by atoms with Crippen molar-refractivity contribution in [1.29, 1.82) is 0 Å². The van der Waals surface area contributed by atoms with E-state index >= 15 is 0 Å². The number of fused-ring (bicyclic) bond motifs is 3. The average Bonchev–Trinajstić information content (AvgIpc) is 3.06. The van der Waals surface area contributed by atoms with Gasteiger partial charge in [-0.05, 0) is 37.1 Å². The van der Waals surface area contributed by atoms with E-state index in [1.54, 1.807) is 0 Å². The molecule has 0 radical (unpaired) electrons. The number of unbranched alkanes of at least 4 members (excludes halogenated alkanes) is 5. The lowest BCUT2D eigenvalue weighted by Gasteiger charge is -2.06. The van der Waals surface area contributed by atoms with Crippen LogP contribution in [0.2, 0.25) is 0 Å². The van der Waals surface area contributed by atoms with E-state index in [9.17, 15) is 0 Å². The Morgan fingerprint density at radius 2 is 1.56 bits per heavy atom. The highest BCUT2D eigenvalue weighted by Gasteiger charge is 2.05. The van der Waals surface area contributed by atoms with Crippen LogP contribution in [0.1, 0.15) is 38.5 Å². The highest BCUT2D eigenvalue weighted by atomic mass is 32.1. The van der Waals surface area contributed by atoms with E-state index in [1.165, 1.54) is 52.1 Å². The lowest BCUT2D eigenvalue weighted by molar-refractivity contribution is -0.0123. The molecule has 2 aromatic carbocycles. The van der Waals surface area contributed by atoms with Crippen molar-refractivity contribution in [3.63, 3.8) is 0 Å². The van der Waals surface area contributed by atoms with Gasteiger partial charge >= 0.3 is 0 Å². The van der Waals surface area contributed by atoms with Crippen molar-refractivity contribution in [2.24, 2.45) is 0 Å². The molecule has 0 spiro atoms. The molecule has 3 aromatic rings. The molecule has 0 bridgehead atoms. The maximum Gasteiger partial charge on any atom is 0.188 e. The molecule has 0 aliphatic rings. The van der Waals surface area contributed by atoms with Crippen molar-refractivity contribution in [3.05, 3.63) is 55.3 Å². The summed E-state index contributed by atoms with van der Waals surface area (Å²) in [6, 6.07) is 15.0. The van der Waals surface area contributed by atoms with Crippen molar-refractivity contribution in [2.75, 3.05) is 20.0 Å². The summed E-state index contributed by atoms with van der Waals surface area (Å²) in [6.07, 6.45) is 8.52. The Bertz CT molecular complexity index is 840. The summed E-state index contributed by atoms with van der Waals surface area (Å²) in [5.41, 5.74) is 0. The standard InChI is InChI=1S/C23H28O3S/c1-2-24-18-25-15-9-5-3-4-6-10-16-26-19-13-14-21-20-11-7-8-12-22(20)27-23(21)17-19/h2,7-8,11-14,17H,1,3-6,9-10,15-16,18H2. The lowest BCUT2D eigenvalue weighted by Crippen LogP contribution is -1.98. The Morgan fingerprint density at radius 3 is 2.41 bits per heavy atom. The van der Waals surface area contributed by atoms with Gasteiger partial charge in [0, 0.05) is 20.2 Å². The van der Waals surface area contributed by atoms with Crippen molar-refractivity contribution in [3.8, 4) is 5.75 Å². The Morgan fingerprint density at radius 1 is 0.815 bits per heavy atom. The zero-order valence-electron chi connectivity index (χ0n) is 15.8. The van der Waals surface area contributed by atoms with Gasteiger partial charge in [-0.2, -0.15) is 0 Å². The van der Waals surface area contributed by atoms with E-state index in [0.717, 1.165) is 31.8 Å². The molecule has 0 atom stereocenters. The molecule has 0 aliphatic heterocycles. The van der Waals surface area contributed by atoms with E-state index in [2.05, 4.69) is 49.0 Å². The molecule has 4 heteroatoms. The van der Waals surface area contributed by atoms with Crippen molar-refractivity contribution >= 4 is 31.5 Å². The first-order valence-corrected chi connectivity index (χ1v) is 10.5. The number of rotatable bonds is 13. The van der Waals surface area contributed by atoms with Gasteiger partial charge in [0.05, 0.1) is 19.5 Å². The number of ether oxygens (including phenoxy) is 3. The molecular formula is C23H28O3S. The monoisotopic (exact) mass is 384 g/mol. The Labute approximate surface area is 165 Å². The quantitative estimate of drug-likeness (QED) is 0.182. The molecular weight excluding hydrogens is 356 g/mol. The van der Waals surface area contributed by atoms with E-state index in [-0.39, 0.29) is 0 Å². The van der Waals surface area contributed by atoms with Crippen LogP contribution in [0.25, 0.3) is 20.2 Å². The zero-order chi connectivity index (χ0) is 18.7. The third kappa shape index (κ3) is 5.98. The van der Waals surface area contributed by atoms with E-state index < -0.39 is 0 Å². The van der Waals surface area contributed by atoms with Crippen LogP contribution in [0, 0.1) is 0 Å². The van der Waals surface area contributed by atoms with Crippen molar-refractivity contribution in [2.45, 2.75) is 38.5 Å². The van der Waals surface area contributed by atoms with Crippen LogP contribution in [-0.2, 0) is 9.47 Å². The summed E-state index contributed by atoms with van der Waals surface area (Å²) in [5.74, 6) is 0.980. The van der Waals surface area contributed by atoms with Crippen molar-refractivity contribution < 1.29 is 14.2 Å². The summed E-state index contributed by atoms with van der Waals surface area (Å²) >= 11 is 1.83. The third-order valence-electron chi connectivity index (χ3n) is 4.57. The number of hydrogen-bond donors (Lipinski definition) is 0. The molecule has 0 unspecified atom stereocenters. The molecule has 27 heavy (non-hydrogen) atoms. The number of hydrogen-bond acceptors (Lipinski definition) is 4. The summed E-state index contributed by atoms with van der Waals surface area (Å²) in [7, 11) is 0. The molecule has 3 nitrogen and oxygen atoms in total. The maximum absolute atomic E-state index is 5.96. The van der Waals surface area contributed by atoms with Gasteiger partial charge in [-0.1, -0.05) is 50.5 Å². The van der Waals surface area contributed by atoms with Gasteiger partial charge < -0.3 is 14.2 Å². The van der Waals surface area contributed by atoms with E-state index in [1.807, 2.05) is 11.3 Å². The second-order valence-electron chi connectivity index (χ2n) is 6.59. The molecule has 0 saturated carbocycles. The molecule has 0 amide bonds. The van der Waals surface area contributed by atoms with Crippen LogP contribution in [0.3, 0.4) is 0 Å². The Kier molecular flexibility index (Phi) is 8.00. The van der Waals surface area contributed by atoms with Crippen LogP contribution in [-0.4, -0.2) is 20.0 Å². The fourth-order valence-corrected chi connectivity index (χ4v) is 4.29. The van der Waals surface area contributed by atoms with Gasteiger partial charge in [-0.3, -0.25) is 0 Å². The fraction of sp³-hybridized carbons (Fsp3) is 0.391. The van der Waals surface area contributed by atoms with E-state index in [4.69, 9.17) is 14.2 Å². The zero-order valence-corrected chi connectivity index (χ0v) is 16.6. The SMILES string of the molecule is C=COCOCCCCCCCCOc1ccc2c(c1)sc1ccccc12. The molecule has 0 saturated heterocycles. The summed E-state index contributed by atoms with van der Waals surface area (Å²) in [4.78, 5) is 0. The number of benzene rings is 2. The van der Waals surface area contributed by atoms with Gasteiger partial charge in [0.2, 0.25) is 0 Å².